The second-order valence-electron chi connectivity index (χ2n) is 7.22. The molecular weight excluding hydrogens is 367 g/mol. The third-order valence-corrected chi connectivity index (χ3v) is 5.16. The summed E-state index contributed by atoms with van der Waals surface area (Å²) in [5, 5.41) is 0. The van der Waals surface area contributed by atoms with Crippen LogP contribution in [0.3, 0.4) is 0 Å². The van der Waals surface area contributed by atoms with Gasteiger partial charge in [-0.05, 0) is 43.7 Å². The first-order valence-electron chi connectivity index (χ1n) is 9.27. The number of aromatic amines is 1. The van der Waals surface area contributed by atoms with E-state index in [2.05, 4.69) is 14.9 Å². The van der Waals surface area contributed by atoms with Crippen LogP contribution in [-0.4, -0.2) is 33.7 Å². The summed E-state index contributed by atoms with van der Waals surface area (Å²) >= 11 is 0. The van der Waals surface area contributed by atoms with Gasteiger partial charge in [0.2, 0.25) is 0 Å². The molecule has 146 valence electrons. The van der Waals surface area contributed by atoms with E-state index in [1.165, 1.54) is 12.1 Å². The van der Waals surface area contributed by atoms with Crippen LogP contribution < -0.4 is 0 Å². The summed E-state index contributed by atoms with van der Waals surface area (Å²) in [6, 6.07) is 12.5. The number of benzene rings is 2. The number of likely N-dealkylation sites (tertiary alicyclic amines) is 1. The molecule has 1 aliphatic rings. The normalized spacial score (nSPS) is 18.5. The van der Waals surface area contributed by atoms with Gasteiger partial charge in [0, 0.05) is 18.0 Å². The Hall–Kier alpha value is -2.67. The Balaban J connectivity index is 1.46. The van der Waals surface area contributed by atoms with Crippen molar-refractivity contribution >= 4 is 16.8 Å². The van der Waals surface area contributed by atoms with Gasteiger partial charge in [0.25, 0.3) is 0 Å². The third-order valence-electron chi connectivity index (χ3n) is 5.16. The van der Waals surface area contributed by atoms with E-state index in [1.54, 1.807) is 0 Å². The lowest BCUT2D eigenvalue weighted by molar-refractivity contribution is -0.137. The van der Waals surface area contributed by atoms with Crippen molar-refractivity contribution in [2.45, 2.75) is 25.6 Å². The van der Waals surface area contributed by atoms with Crippen molar-refractivity contribution in [3.63, 3.8) is 0 Å². The van der Waals surface area contributed by atoms with E-state index in [-0.39, 0.29) is 17.3 Å². The largest absolute Gasteiger partial charge is 0.416 e. The molecular formula is C21H20F3N3O. The van der Waals surface area contributed by atoms with Gasteiger partial charge in [-0.1, -0.05) is 24.3 Å². The lowest BCUT2D eigenvalue weighted by Gasteiger charge is -2.31. The van der Waals surface area contributed by atoms with Crippen LogP contribution in [0.15, 0.2) is 48.5 Å². The molecule has 4 rings (SSSR count). The van der Waals surface area contributed by atoms with Crippen molar-refractivity contribution in [3.8, 4) is 0 Å². The molecule has 4 nitrogen and oxygen atoms in total. The number of hydrogen-bond acceptors (Lipinski definition) is 3. The van der Waals surface area contributed by atoms with Crippen LogP contribution in [0.25, 0.3) is 11.0 Å². The van der Waals surface area contributed by atoms with Crippen molar-refractivity contribution in [3.05, 3.63) is 65.5 Å². The molecule has 1 saturated heterocycles. The molecule has 1 N–H and O–H groups in total. The quantitative estimate of drug-likeness (QED) is 0.662. The molecule has 0 saturated carbocycles. The summed E-state index contributed by atoms with van der Waals surface area (Å²) < 4.78 is 38.8. The molecule has 2 aromatic carbocycles. The smallest absolute Gasteiger partial charge is 0.341 e. The second-order valence-corrected chi connectivity index (χ2v) is 7.22. The Bertz CT molecular complexity index is 963. The first kappa shape index (κ1) is 18.7. The van der Waals surface area contributed by atoms with Gasteiger partial charge in [-0.25, -0.2) is 4.98 Å². The molecule has 1 aliphatic heterocycles. The van der Waals surface area contributed by atoms with Crippen LogP contribution in [0.2, 0.25) is 0 Å². The summed E-state index contributed by atoms with van der Waals surface area (Å²) in [7, 11) is 0. The van der Waals surface area contributed by atoms with Crippen LogP contribution in [0.4, 0.5) is 13.2 Å². The molecule has 1 aromatic heterocycles. The highest BCUT2D eigenvalue weighted by molar-refractivity contribution is 5.98. The number of para-hydroxylation sites is 2. The molecule has 28 heavy (non-hydrogen) atoms. The molecule has 1 unspecified atom stereocenters. The molecule has 3 aromatic rings. The van der Waals surface area contributed by atoms with Gasteiger partial charge in [-0.2, -0.15) is 13.2 Å². The number of rotatable bonds is 4. The fraction of sp³-hybridized carbons (Fsp3) is 0.333. The van der Waals surface area contributed by atoms with Gasteiger partial charge >= 0.3 is 6.18 Å². The predicted molar refractivity (Wildman–Crippen MR) is 99.9 cm³/mol. The van der Waals surface area contributed by atoms with Crippen LogP contribution in [0.1, 0.15) is 34.6 Å². The van der Waals surface area contributed by atoms with Gasteiger partial charge < -0.3 is 4.98 Å². The monoisotopic (exact) mass is 387 g/mol. The molecule has 0 aliphatic carbocycles. The number of alkyl halides is 3. The van der Waals surface area contributed by atoms with Gasteiger partial charge in [0.1, 0.15) is 5.82 Å². The number of Topliss-reactive ketones (excluding diaryl/α,β-unsaturated/α-hetero) is 1. The predicted octanol–water partition coefficient (Wildman–Crippen LogP) is 4.68. The lowest BCUT2D eigenvalue weighted by atomic mass is 9.89. The van der Waals surface area contributed by atoms with Gasteiger partial charge in [-0.3, -0.25) is 9.69 Å². The number of H-pyrrole nitrogens is 1. The molecule has 0 bridgehead atoms. The van der Waals surface area contributed by atoms with Crippen molar-refractivity contribution in [2.24, 2.45) is 5.92 Å². The maximum Gasteiger partial charge on any atom is 0.416 e. The van der Waals surface area contributed by atoms with Crippen LogP contribution in [0, 0.1) is 5.92 Å². The molecule has 1 fully saturated rings. The van der Waals surface area contributed by atoms with E-state index >= 15 is 0 Å². The second kappa shape index (κ2) is 7.39. The molecule has 1 atom stereocenters. The number of carbonyl (C=O) groups is 1. The zero-order valence-corrected chi connectivity index (χ0v) is 15.2. The number of halogens is 3. The van der Waals surface area contributed by atoms with Crippen molar-refractivity contribution in [1.82, 2.24) is 14.9 Å². The summed E-state index contributed by atoms with van der Waals surface area (Å²) in [5.41, 5.74) is 1.20. The van der Waals surface area contributed by atoms with E-state index in [1.807, 2.05) is 24.3 Å². The third kappa shape index (κ3) is 3.94. The first-order valence-corrected chi connectivity index (χ1v) is 9.27. The van der Waals surface area contributed by atoms with Gasteiger partial charge in [-0.15, -0.1) is 0 Å². The zero-order valence-electron chi connectivity index (χ0n) is 15.2. The molecule has 7 heteroatoms. The highest BCUT2D eigenvalue weighted by atomic mass is 19.4. The van der Waals surface area contributed by atoms with Crippen LogP contribution in [0.5, 0.6) is 0 Å². The summed E-state index contributed by atoms with van der Waals surface area (Å²) in [6.07, 6.45) is -2.93. The molecule has 0 spiro atoms. The number of imidazole rings is 1. The molecule has 0 radical (unpaired) electrons. The van der Waals surface area contributed by atoms with Gasteiger partial charge in [0.15, 0.2) is 5.78 Å². The highest BCUT2D eigenvalue weighted by Crippen LogP contribution is 2.31. The van der Waals surface area contributed by atoms with Crippen molar-refractivity contribution < 1.29 is 18.0 Å². The van der Waals surface area contributed by atoms with Crippen molar-refractivity contribution in [2.75, 3.05) is 13.1 Å². The topological polar surface area (TPSA) is 49.0 Å². The van der Waals surface area contributed by atoms with Crippen LogP contribution >= 0.6 is 0 Å². The minimum Gasteiger partial charge on any atom is -0.341 e. The summed E-state index contributed by atoms with van der Waals surface area (Å²) in [5.74, 6) is 0.301. The number of aromatic nitrogens is 2. The minimum atomic E-state index is -4.45. The Morgan fingerprint density at radius 3 is 2.79 bits per heavy atom. The molecule has 2 heterocycles. The summed E-state index contributed by atoms with van der Waals surface area (Å²) in [6.45, 7) is 1.94. The molecule has 0 amide bonds. The number of nitrogens with zero attached hydrogens (tertiary/aromatic N) is 2. The van der Waals surface area contributed by atoms with E-state index in [4.69, 9.17) is 0 Å². The zero-order chi connectivity index (χ0) is 19.7. The number of nitrogens with one attached hydrogen (secondary N) is 1. The highest BCUT2D eigenvalue weighted by Gasteiger charge is 2.32. The number of ketones is 1. The summed E-state index contributed by atoms with van der Waals surface area (Å²) in [4.78, 5) is 22.8. The number of piperidine rings is 1. The minimum absolute atomic E-state index is 0.130. The Kier molecular flexibility index (Phi) is 4.93. The Morgan fingerprint density at radius 1 is 1.18 bits per heavy atom. The number of hydrogen-bond donors (Lipinski definition) is 1. The van der Waals surface area contributed by atoms with E-state index < -0.39 is 11.7 Å². The van der Waals surface area contributed by atoms with Gasteiger partial charge in [0.05, 0.1) is 23.1 Å². The maximum atomic E-state index is 12.9. The van der Waals surface area contributed by atoms with E-state index in [0.29, 0.717) is 19.5 Å². The average molecular weight is 387 g/mol. The maximum absolute atomic E-state index is 12.9. The Labute approximate surface area is 160 Å². The Morgan fingerprint density at radius 2 is 2.00 bits per heavy atom. The standard InChI is InChI=1S/C21H20F3N3O/c22-21(23,24)16-7-3-5-14(11-16)20(28)15-6-4-10-27(12-15)13-19-25-17-8-1-2-9-18(17)26-19/h1-3,5,7-9,11,15H,4,6,10,12-13H2,(H,25,26). The fourth-order valence-electron chi connectivity index (χ4n) is 3.79. The van der Waals surface area contributed by atoms with E-state index in [0.717, 1.165) is 42.0 Å². The first-order chi connectivity index (χ1) is 13.4. The van der Waals surface area contributed by atoms with Crippen LogP contribution in [-0.2, 0) is 12.7 Å². The number of fused-ring (bicyclic) bond motifs is 1. The van der Waals surface area contributed by atoms with E-state index in [9.17, 15) is 18.0 Å². The van der Waals surface area contributed by atoms with Crippen molar-refractivity contribution in [1.29, 1.82) is 0 Å². The SMILES string of the molecule is O=C(c1cccc(C(F)(F)F)c1)C1CCCN(Cc2nc3ccccc3[nH]2)C1. The number of carbonyl (C=O) groups excluding carboxylic acids is 1. The fourth-order valence-corrected chi connectivity index (χ4v) is 3.79. The average Bonchev–Trinajstić information content (AvgIpc) is 3.09. The lowest BCUT2D eigenvalue weighted by Crippen LogP contribution is -2.38.